The molecule has 3 rings (SSSR count). The van der Waals surface area contributed by atoms with Gasteiger partial charge in [-0.1, -0.05) is 23.7 Å². The average Bonchev–Trinajstić information content (AvgIpc) is 2.70. The Kier molecular flexibility index (Phi) is 6.76. The first-order valence-corrected chi connectivity index (χ1v) is 9.62. The zero-order valence-electron chi connectivity index (χ0n) is 16.6. The van der Waals surface area contributed by atoms with Crippen LogP contribution in [-0.4, -0.2) is 38.2 Å². The Bertz CT molecular complexity index is 1060. The minimum atomic E-state index is -0.713. The summed E-state index contributed by atoms with van der Waals surface area (Å²) < 4.78 is 6.76. The smallest absolute Gasteiger partial charge is 0.411 e. The number of hydrogen-bond donors (Lipinski definition) is 2. The van der Waals surface area contributed by atoms with Gasteiger partial charge in [0.1, 0.15) is 5.75 Å². The second kappa shape index (κ2) is 9.47. The Morgan fingerprint density at radius 3 is 2.60 bits per heavy atom. The van der Waals surface area contributed by atoms with Gasteiger partial charge >= 0.3 is 11.8 Å². The summed E-state index contributed by atoms with van der Waals surface area (Å²) in [4.78, 5) is 14.5. The molecule has 0 aliphatic heterocycles. The molecule has 0 unspecified atom stereocenters. The van der Waals surface area contributed by atoms with E-state index in [-0.39, 0.29) is 16.9 Å². The number of halogens is 1. The number of nitrogens with one attached hydrogen (secondary N) is 2. The van der Waals surface area contributed by atoms with Crippen LogP contribution in [0.5, 0.6) is 5.75 Å². The highest BCUT2D eigenvalue weighted by atomic mass is 35.5. The van der Waals surface area contributed by atoms with Crippen LogP contribution in [0.2, 0.25) is 5.02 Å². The Hall–Kier alpha value is -3.30. The van der Waals surface area contributed by atoms with E-state index in [1.807, 2.05) is 19.0 Å². The van der Waals surface area contributed by atoms with E-state index >= 15 is 0 Å². The van der Waals surface area contributed by atoms with Crippen LogP contribution in [0.3, 0.4) is 0 Å². The normalized spacial score (nSPS) is 10.9. The molecule has 158 valence electrons. The van der Waals surface area contributed by atoms with Crippen LogP contribution in [-0.2, 0) is 0 Å². The van der Waals surface area contributed by atoms with Gasteiger partial charge in [-0.25, -0.2) is 9.52 Å². The maximum Gasteiger partial charge on any atom is 0.411 e. The predicted octanol–water partition coefficient (Wildman–Crippen LogP) is 2.73. The van der Waals surface area contributed by atoms with Crippen molar-refractivity contribution in [1.29, 1.82) is 0 Å². The number of ether oxygens (including phenoxy) is 1. The number of urea groups is 1. The summed E-state index contributed by atoms with van der Waals surface area (Å²) >= 11 is 6.04. The van der Waals surface area contributed by atoms with Gasteiger partial charge in [0.25, 0.3) is 11.7 Å². The number of amides is 2. The number of carbonyl (C=O) groups is 1. The van der Waals surface area contributed by atoms with Crippen LogP contribution in [0.15, 0.2) is 48.7 Å². The minimum absolute atomic E-state index is 0.137. The molecule has 0 saturated heterocycles. The molecule has 1 aromatic heterocycles. The van der Waals surface area contributed by atoms with E-state index in [0.29, 0.717) is 32.5 Å². The molecule has 0 bridgehead atoms. The Labute approximate surface area is 178 Å². The summed E-state index contributed by atoms with van der Waals surface area (Å²) in [6.45, 7) is 1.31. The van der Waals surface area contributed by atoms with Gasteiger partial charge in [-0.05, 0) is 44.8 Å². The van der Waals surface area contributed by atoms with E-state index in [1.54, 1.807) is 30.3 Å². The lowest BCUT2D eigenvalue weighted by Crippen LogP contribution is -2.41. The summed E-state index contributed by atoms with van der Waals surface area (Å²) in [6, 6.07) is 10.4. The molecular formula is C20H22ClN5O4. The predicted molar refractivity (Wildman–Crippen MR) is 115 cm³/mol. The maximum atomic E-state index is 12.5. The Morgan fingerprint density at radius 2 is 1.87 bits per heavy atom. The first kappa shape index (κ1) is 21.4. The fraction of sp³-hybridized carbons (Fsp3) is 0.250. The third kappa shape index (κ3) is 5.19. The van der Waals surface area contributed by atoms with E-state index in [0.717, 1.165) is 19.2 Å². The molecule has 1 heterocycles. The maximum absolute atomic E-state index is 12.5. The summed E-state index contributed by atoms with van der Waals surface area (Å²) in [7, 11) is 3.95. The van der Waals surface area contributed by atoms with Gasteiger partial charge in [-0.2, -0.15) is 10.0 Å². The van der Waals surface area contributed by atoms with E-state index in [9.17, 15) is 15.2 Å². The van der Waals surface area contributed by atoms with Gasteiger partial charge < -0.3 is 20.1 Å². The molecule has 0 atom stereocenters. The van der Waals surface area contributed by atoms with Crippen LogP contribution in [0.1, 0.15) is 6.42 Å². The second-order valence-electron chi connectivity index (χ2n) is 6.85. The van der Waals surface area contributed by atoms with Crippen LogP contribution >= 0.6 is 11.6 Å². The number of fused-ring (bicyclic) bond motifs is 1. The monoisotopic (exact) mass is 431 g/mol. The van der Waals surface area contributed by atoms with Gasteiger partial charge in [-0.3, -0.25) is 5.32 Å². The van der Waals surface area contributed by atoms with Gasteiger partial charge in [0.15, 0.2) is 0 Å². The molecule has 0 fully saturated rings. The highest BCUT2D eigenvalue weighted by molar-refractivity contribution is 6.31. The molecule has 30 heavy (non-hydrogen) atoms. The molecule has 10 heteroatoms. The topological polar surface area (TPSA) is 107 Å². The fourth-order valence-electron chi connectivity index (χ4n) is 2.83. The van der Waals surface area contributed by atoms with Crippen molar-refractivity contribution in [3.63, 3.8) is 0 Å². The zero-order chi connectivity index (χ0) is 21.7. The lowest BCUT2D eigenvalue weighted by molar-refractivity contribution is -0.618. The number of carbonyl (C=O) groups excluding carboxylic acids is 1. The standard InChI is InChI=1S/C20H22ClN5O4/c1-24(2)10-5-11-30-18-9-8-14(21)12-15(18)22-20(27)23-19-13-25(28)16-6-3-4-7-17(16)26(19)29/h3-4,6-9,12-13H,5,10-11H2,1-2H3,(H2,22,23,27). The summed E-state index contributed by atoms with van der Waals surface area (Å²) in [5, 5.41) is 30.0. The third-order valence-electron chi connectivity index (χ3n) is 4.23. The molecule has 0 radical (unpaired) electrons. The third-order valence-corrected chi connectivity index (χ3v) is 4.47. The van der Waals surface area contributed by atoms with Crippen molar-refractivity contribution in [2.75, 3.05) is 37.9 Å². The molecule has 0 spiro atoms. The number of anilines is 2. The van der Waals surface area contributed by atoms with Crippen molar-refractivity contribution in [2.45, 2.75) is 6.42 Å². The first-order chi connectivity index (χ1) is 14.3. The number of benzene rings is 2. The Morgan fingerprint density at radius 1 is 1.13 bits per heavy atom. The van der Waals surface area contributed by atoms with Crippen LogP contribution < -0.4 is 24.8 Å². The lowest BCUT2D eigenvalue weighted by atomic mass is 10.3. The number of rotatable bonds is 7. The van der Waals surface area contributed by atoms with Crippen molar-refractivity contribution < 1.29 is 19.0 Å². The first-order valence-electron chi connectivity index (χ1n) is 9.24. The molecule has 2 N–H and O–H groups in total. The van der Waals surface area contributed by atoms with Gasteiger partial charge in [-0.15, -0.1) is 0 Å². The number of para-hydroxylation sites is 2. The van der Waals surface area contributed by atoms with E-state index in [1.165, 1.54) is 12.1 Å². The lowest BCUT2D eigenvalue weighted by Gasteiger charge is -2.14. The molecule has 0 aliphatic carbocycles. The second-order valence-corrected chi connectivity index (χ2v) is 7.28. The SMILES string of the molecule is CN(C)CCCOc1ccc(Cl)cc1NC(=O)Nc1c[n+]([O-])c2ccccc2[n+]1[O-]. The molecule has 2 amide bonds. The molecule has 0 saturated carbocycles. The molecule has 2 aromatic carbocycles. The minimum Gasteiger partial charge on any atom is -0.710 e. The average molecular weight is 432 g/mol. The van der Waals surface area contributed by atoms with Gasteiger partial charge in [0.2, 0.25) is 5.52 Å². The van der Waals surface area contributed by atoms with Crippen LogP contribution in [0.25, 0.3) is 11.0 Å². The number of aromatic nitrogens is 2. The van der Waals surface area contributed by atoms with E-state index in [4.69, 9.17) is 16.3 Å². The highest BCUT2D eigenvalue weighted by Gasteiger charge is 2.20. The van der Waals surface area contributed by atoms with Crippen molar-refractivity contribution in [3.05, 3.63) is 64.1 Å². The van der Waals surface area contributed by atoms with Crippen LogP contribution in [0.4, 0.5) is 16.3 Å². The van der Waals surface area contributed by atoms with Crippen LogP contribution in [0, 0.1) is 10.4 Å². The van der Waals surface area contributed by atoms with Gasteiger partial charge in [0, 0.05) is 17.6 Å². The molecule has 0 aliphatic rings. The largest absolute Gasteiger partial charge is 0.710 e. The highest BCUT2D eigenvalue weighted by Crippen LogP contribution is 2.28. The molecular weight excluding hydrogens is 410 g/mol. The van der Waals surface area contributed by atoms with Crippen molar-refractivity contribution >= 4 is 40.2 Å². The molecule has 9 nitrogen and oxygen atoms in total. The summed E-state index contributed by atoms with van der Waals surface area (Å²) in [6.07, 6.45) is 1.81. The van der Waals surface area contributed by atoms with E-state index < -0.39 is 6.03 Å². The Balaban J connectivity index is 1.74. The summed E-state index contributed by atoms with van der Waals surface area (Å²) in [5.41, 5.74) is 0.678. The van der Waals surface area contributed by atoms with Gasteiger partial charge in [0.05, 0.1) is 12.3 Å². The van der Waals surface area contributed by atoms with Crippen molar-refractivity contribution in [3.8, 4) is 5.75 Å². The number of nitrogens with zero attached hydrogens (tertiary/aromatic N) is 3. The zero-order valence-corrected chi connectivity index (χ0v) is 17.3. The summed E-state index contributed by atoms with van der Waals surface area (Å²) in [5.74, 6) is 0.234. The van der Waals surface area contributed by atoms with Crippen molar-refractivity contribution in [2.24, 2.45) is 0 Å². The number of hydrogen-bond acceptors (Lipinski definition) is 5. The van der Waals surface area contributed by atoms with E-state index in [2.05, 4.69) is 10.6 Å². The van der Waals surface area contributed by atoms with Crippen molar-refractivity contribution in [1.82, 2.24) is 4.90 Å². The fourth-order valence-corrected chi connectivity index (χ4v) is 3.00. The molecule has 3 aromatic rings. The quantitative estimate of drug-likeness (QED) is 0.340.